The van der Waals surface area contributed by atoms with E-state index in [2.05, 4.69) is 24.3 Å². The van der Waals surface area contributed by atoms with Gasteiger partial charge in [0, 0.05) is 0 Å². The van der Waals surface area contributed by atoms with Crippen molar-refractivity contribution in [3.05, 3.63) is 66.2 Å². The summed E-state index contributed by atoms with van der Waals surface area (Å²) >= 11 is 0. The molecule has 0 saturated heterocycles. The smallest absolute Gasteiger partial charge is 0.115 e. The second-order valence-electron chi connectivity index (χ2n) is 5.04. The highest BCUT2D eigenvalue weighted by molar-refractivity contribution is 5.18. The van der Waals surface area contributed by atoms with Gasteiger partial charge in [0.05, 0.1) is 12.7 Å². The maximum absolute atomic E-state index is 8.63. The fourth-order valence-corrected chi connectivity index (χ4v) is 2.27. The zero-order valence-electron chi connectivity index (χ0n) is 11.7. The van der Waals surface area contributed by atoms with Crippen molar-refractivity contribution in [2.24, 2.45) is 0 Å². The van der Waals surface area contributed by atoms with Crippen LogP contribution in [0.2, 0.25) is 0 Å². The first-order chi connectivity index (χ1) is 9.84. The average Bonchev–Trinajstić information content (AvgIpc) is 3.01. The van der Waals surface area contributed by atoms with Crippen LogP contribution in [0.4, 0.5) is 0 Å². The minimum atomic E-state index is 0.322. The molecule has 0 aliphatic heterocycles. The molecule has 1 aliphatic carbocycles. The molecule has 1 aliphatic rings. The molecule has 0 bridgehead atoms. The molecule has 1 N–H and O–H groups in total. The van der Waals surface area contributed by atoms with Crippen molar-refractivity contribution in [3.63, 3.8) is 0 Å². The van der Waals surface area contributed by atoms with Gasteiger partial charge in [0.15, 0.2) is 0 Å². The summed E-state index contributed by atoms with van der Waals surface area (Å²) in [6.07, 6.45) is 5.73. The van der Waals surface area contributed by atoms with Crippen molar-refractivity contribution in [2.45, 2.75) is 38.4 Å². The van der Waals surface area contributed by atoms with Crippen molar-refractivity contribution in [1.82, 2.24) is 0 Å². The standard InChI is InChI=1S/C12H16O.C6H6O/c1-2-6-11(7-3-1)10-13-12-8-4-5-9-12;7-6-4-2-1-3-5-6/h1-3,6-7,12H,4-5,8-10H2;1-5,7H. The van der Waals surface area contributed by atoms with Gasteiger partial charge in [0.2, 0.25) is 0 Å². The molecule has 106 valence electrons. The summed E-state index contributed by atoms with van der Waals surface area (Å²) in [5.41, 5.74) is 1.29. The lowest BCUT2D eigenvalue weighted by Gasteiger charge is -2.10. The van der Waals surface area contributed by atoms with Crippen LogP contribution in [-0.4, -0.2) is 11.2 Å². The largest absolute Gasteiger partial charge is 0.508 e. The molecule has 0 amide bonds. The molecule has 2 heteroatoms. The van der Waals surface area contributed by atoms with Crippen LogP contribution in [0.1, 0.15) is 31.2 Å². The molecular weight excluding hydrogens is 248 g/mol. The van der Waals surface area contributed by atoms with E-state index in [1.165, 1.54) is 31.2 Å². The van der Waals surface area contributed by atoms with Gasteiger partial charge in [0.1, 0.15) is 5.75 Å². The molecular formula is C18H22O2. The number of rotatable bonds is 3. The second kappa shape index (κ2) is 8.39. The lowest BCUT2D eigenvalue weighted by Crippen LogP contribution is -2.06. The van der Waals surface area contributed by atoms with Crippen LogP contribution in [-0.2, 0) is 11.3 Å². The van der Waals surface area contributed by atoms with Crippen molar-refractivity contribution in [2.75, 3.05) is 0 Å². The summed E-state index contributed by atoms with van der Waals surface area (Å²) in [7, 11) is 0. The zero-order valence-corrected chi connectivity index (χ0v) is 11.7. The van der Waals surface area contributed by atoms with Crippen LogP contribution in [0.25, 0.3) is 0 Å². The Morgan fingerprint density at radius 2 is 1.40 bits per heavy atom. The summed E-state index contributed by atoms with van der Waals surface area (Å²) < 4.78 is 5.79. The van der Waals surface area contributed by atoms with E-state index in [0.717, 1.165) is 6.61 Å². The van der Waals surface area contributed by atoms with E-state index in [4.69, 9.17) is 9.84 Å². The summed E-state index contributed by atoms with van der Waals surface area (Å²) in [5, 5.41) is 8.63. The van der Waals surface area contributed by atoms with E-state index in [-0.39, 0.29) is 0 Å². The van der Waals surface area contributed by atoms with Gasteiger partial charge in [-0.05, 0) is 30.5 Å². The summed E-state index contributed by atoms with van der Waals surface area (Å²) in [4.78, 5) is 0. The highest BCUT2D eigenvalue weighted by Crippen LogP contribution is 2.21. The number of benzene rings is 2. The number of para-hydroxylation sites is 1. The lowest BCUT2D eigenvalue weighted by atomic mass is 10.2. The van der Waals surface area contributed by atoms with Gasteiger partial charge in [-0.25, -0.2) is 0 Å². The molecule has 0 radical (unpaired) electrons. The Kier molecular flexibility index (Phi) is 6.12. The first kappa shape index (κ1) is 14.6. The van der Waals surface area contributed by atoms with Crippen LogP contribution >= 0.6 is 0 Å². The van der Waals surface area contributed by atoms with E-state index < -0.39 is 0 Å². The molecule has 1 saturated carbocycles. The monoisotopic (exact) mass is 270 g/mol. The molecule has 20 heavy (non-hydrogen) atoms. The Balaban J connectivity index is 0.000000178. The van der Waals surface area contributed by atoms with Crippen LogP contribution in [0.3, 0.4) is 0 Å². The maximum atomic E-state index is 8.63. The normalized spacial score (nSPS) is 14.6. The second-order valence-corrected chi connectivity index (χ2v) is 5.04. The molecule has 0 spiro atoms. The number of aromatic hydroxyl groups is 1. The Hall–Kier alpha value is -1.80. The Labute approximate surface area is 121 Å². The van der Waals surface area contributed by atoms with Crippen molar-refractivity contribution < 1.29 is 9.84 Å². The fraction of sp³-hybridized carbons (Fsp3) is 0.333. The van der Waals surface area contributed by atoms with Gasteiger partial charge >= 0.3 is 0 Å². The molecule has 1 fully saturated rings. The van der Waals surface area contributed by atoms with Gasteiger partial charge in [-0.1, -0.05) is 61.4 Å². The molecule has 3 rings (SSSR count). The van der Waals surface area contributed by atoms with E-state index in [1.54, 1.807) is 24.3 Å². The van der Waals surface area contributed by atoms with Gasteiger partial charge in [-0.2, -0.15) is 0 Å². The molecule has 2 nitrogen and oxygen atoms in total. The highest BCUT2D eigenvalue weighted by Gasteiger charge is 2.14. The molecule has 0 heterocycles. The third kappa shape index (κ3) is 5.45. The third-order valence-corrected chi connectivity index (χ3v) is 3.39. The highest BCUT2D eigenvalue weighted by atomic mass is 16.5. The van der Waals surface area contributed by atoms with Crippen LogP contribution < -0.4 is 0 Å². The molecule has 0 unspecified atom stereocenters. The predicted octanol–water partition coefficient (Wildman–Crippen LogP) is 4.54. The topological polar surface area (TPSA) is 29.5 Å². The number of ether oxygens (including phenoxy) is 1. The van der Waals surface area contributed by atoms with E-state index >= 15 is 0 Å². The van der Waals surface area contributed by atoms with Gasteiger partial charge in [-0.3, -0.25) is 0 Å². The molecule has 0 aromatic heterocycles. The molecule has 0 atom stereocenters. The van der Waals surface area contributed by atoms with Crippen molar-refractivity contribution >= 4 is 0 Å². The summed E-state index contributed by atoms with van der Waals surface area (Å²) in [5.74, 6) is 0.322. The quantitative estimate of drug-likeness (QED) is 0.887. The summed E-state index contributed by atoms with van der Waals surface area (Å²) in [6, 6.07) is 19.1. The zero-order chi connectivity index (χ0) is 14.0. The minimum Gasteiger partial charge on any atom is -0.508 e. The number of phenols is 1. The van der Waals surface area contributed by atoms with Gasteiger partial charge < -0.3 is 9.84 Å². The van der Waals surface area contributed by atoms with E-state index in [0.29, 0.717) is 11.9 Å². The number of phenolic OH excluding ortho intramolecular Hbond substituents is 1. The summed E-state index contributed by atoms with van der Waals surface area (Å²) in [6.45, 7) is 0.783. The van der Waals surface area contributed by atoms with Crippen LogP contribution in [0, 0.1) is 0 Å². The van der Waals surface area contributed by atoms with Crippen molar-refractivity contribution in [3.8, 4) is 5.75 Å². The molecule has 2 aromatic carbocycles. The van der Waals surface area contributed by atoms with E-state index in [1.807, 2.05) is 12.1 Å². The third-order valence-electron chi connectivity index (χ3n) is 3.39. The first-order valence-corrected chi connectivity index (χ1v) is 7.24. The minimum absolute atomic E-state index is 0.322. The first-order valence-electron chi connectivity index (χ1n) is 7.24. The predicted molar refractivity (Wildman–Crippen MR) is 81.6 cm³/mol. The van der Waals surface area contributed by atoms with E-state index in [9.17, 15) is 0 Å². The van der Waals surface area contributed by atoms with Crippen LogP contribution in [0.5, 0.6) is 5.75 Å². The number of hydrogen-bond donors (Lipinski definition) is 1. The Bertz CT molecular complexity index is 461. The van der Waals surface area contributed by atoms with Gasteiger partial charge in [0.25, 0.3) is 0 Å². The Morgan fingerprint density at radius 3 is 1.90 bits per heavy atom. The molecule has 2 aromatic rings. The fourth-order valence-electron chi connectivity index (χ4n) is 2.27. The SMILES string of the molecule is Oc1ccccc1.c1ccc(COC2CCCC2)cc1. The van der Waals surface area contributed by atoms with Crippen molar-refractivity contribution in [1.29, 1.82) is 0 Å². The Morgan fingerprint density at radius 1 is 0.850 bits per heavy atom. The maximum Gasteiger partial charge on any atom is 0.115 e. The van der Waals surface area contributed by atoms with Crippen LogP contribution in [0.15, 0.2) is 60.7 Å². The lowest BCUT2D eigenvalue weighted by molar-refractivity contribution is 0.0457. The number of hydrogen-bond acceptors (Lipinski definition) is 2. The van der Waals surface area contributed by atoms with Gasteiger partial charge in [-0.15, -0.1) is 0 Å². The average molecular weight is 270 g/mol.